The Morgan fingerprint density at radius 1 is 0.909 bits per heavy atom. The van der Waals surface area contributed by atoms with Crippen molar-refractivity contribution in [2.45, 2.75) is 6.42 Å². The Labute approximate surface area is 191 Å². The molecule has 0 bridgehead atoms. The number of aromatic nitrogens is 2. The van der Waals surface area contributed by atoms with Gasteiger partial charge in [0.15, 0.2) is 0 Å². The van der Waals surface area contributed by atoms with Crippen molar-refractivity contribution in [3.05, 3.63) is 114 Å². The number of hydrogen-bond donors (Lipinski definition) is 1. The quantitative estimate of drug-likeness (QED) is 0.462. The first-order valence-corrected chi connectivity index (χ1v) is 10.8. The average molecular weight is 434 g/mol. The van der Waals surface area contributed by atoms with Crippen molar-refractivity contribution in [2.75, 3.05) is 16.8 Å². The van der Waals surface area contributed by atoms with Gasteiger partial charge >= 0.3 is 0 Å². The van der Waals surface area contributed by atoms with Crippen molar-refractivity contribution in [1.29, 1.82) is 0 Å². The van der Waals surface area contributed by atoms with E-state index in [0.29, 0.717) is 17.8 Å². The number of fused-ring (bicyclic) bond motifs is 1. The summed E-state index contributed by atoms with van der Waals surface area (Å²) in [6, 6.07) is 24.7. The molecule has 162 valence electrons. The molecule has 1 aliphatic rings. The Balaban J connectivity index is 1.20. The SMILES string of the molecule is O=C(/C=C/c1cnn(-c2ccccc2)c1)Nc1ccc(C(=O)N2CCc3ccccc32)cc1. The monoisotopic (exact) mass is 434 g/mol. The van der Waals surface area contributed by atoms with Crippen molar-refractivity contribution in [1.82, 2.24) is 9.78 Å². The highest BCUT2D eigenvalue weighted by molar-refractivity contribution is 6.08. The molecule has 4 aromatic rings. The van der Waals surface area contributed by atoms with Crippen LogP contribution in [0.25, 0.3) is 11.8 Å². The van der Waals surface area contributed by atoms with Gasteiger partial charge in [-0.15, -0.1) is 0 Å². The lowest BCUT2D eigenvalue weighted by molar-refractivity contribution is -0.111. The summed E-state index contributed by atoms with van der Waals surface area (Å²) in [6.45, 7) is 0.683. The second-order valence-electron chi connectivity index (χ2n) is 7.79. The van der Waals surface area contributed by atoms with Gasteiger partial charge < -0.3 is 10.2 Å². The fraction of sp³-hybridized carbons (Fsp3) is 0.0741. The lowest BCUT2D eigenvalue weighted by Gasteiger charge is -2.17. The average Bonchev–Trinajstić information content (AvgIpc) is 3.51. The van der Waals surface area contributed by atoms with Crippen molar-refractivity contribution in [3.63, 3.8) is 0 Å². The van der Waals surface area contributed by atoms with Crippen LogP contribution in [-0.4, -0.2) is 28.1 Å². The molecular weight excluding hydrogens is 412 g/mol. The fourth-order valence-corrected chi connectivity index (χ4v) is 3.90. The van der Waals surface area contributed by atoms with Gasteiger partial charge in [-0.05, 0) is 60.5 Å². The largest absolute Gasteiger partial charge is 0.323 e. The predicted molar refractivity (Wildman–Crippen MR) is 129 cm³/mol. The van der Waals surface area contributed by atoms with Crippen molar-refractivity contribution in [2.24, 2.45) is 0 Å². The normalized spacial score (nSPS) is 12.7. The van der Waals surface area contributed by atoms with Crippen LogP contribution < -0.4 is 10.2 Å². The Morgan fingerprint density at radius 2 is 1.67 bits per heavy atom. The molecule has 0 saturated carbocycles. The van der Waals surface area contributed by atoms with Gasteiger partial charge in [-0.3, -0.25) is 9.59 Å². The number of benzene rings is 3. The van der Waals surface area contributed by atoms with Crippen molar-refractivity contribution < 1.29 is 9.59 Å². The number of rotatable bonds is 5. The van der Waals surface area contributed by atoms with E-state index in [1.165, 1.54) is 11.6 Å². The molecule has 0 atom stereocenters. The molecular formula is C27H22N4O2. The van der Waals surface area contributed by atoms with Gasteiger partial charge in [0, 0.05) is 41.3 Å². The summed E-state index contributed by atoms with van der Waals surface area (Å²) in [4.78, 5) is 27.1. The summed E-state index contributed by atoms with van der Waals surface area (Å²) >= 11 is 0. The van der Waals surface area contributed by atoms with Gasteiger partial charge in [-0.25, -0.2) is 4.68 Å². The van der Waals surface area contributed by atoms with E-state index in [1.807, 2.05) is 54.7 Å². The number of amides is 2. The zero-order valence-corrected chi connectivity index (χ0v) is 17.9. The zero-order chi connectivity index (χ0) is 22.6. The molecule has 2 amide bonds. The van der Waals surface area contributed by atoms with Gasteiger partial charge in [-0.1, -0.05) is 36.4 Å². The Morgan fingerprint density at radius 3 is 2.48 bits per heavy atom. The van der Waals surface area contributed by atoms with E-state index in [-0.39, 0.29) is 11.8 Å². The molecule has 1 aliphatic heterocycles. The Bertz CT molecular complexity index is 1320. The molecule has 0 radical (unpaired) electrons. The van der Waals surface area contributed by atoms with Crippen LogP contribution in [0.4, 0.5) is 11.4 Å². The molecule has 3 aromatic carbocycles. The van der Waals surface area contributed by atoms with Gasteiger partial charge in [-0.2, -0.15) is 5.10 Å². The van der Waals surface area contributed by atoms with E-state index >= 15 is 0 Å². The minimum absolute atomic E-state index is 0.0341. The summed E-state index contributed by atoms with van der Waals surface area (Å²) in [5.41, 5.74) is 5.16. The number of hydrogen-bond acceptors (Lipinski definition) is 3. The number of nitrogens with one attached hydrogen (secondary N) is 1. The van der Waals surface area contributed by atoms with Crippen molar-refractivity contribution in [3.8, 4) is 5.69 Å². The number of para-hydroxylation sites is 2. The zero-order valence-electron chi connectivity index (χ0n) is 17.9. The molecule has 33 heavy (non-hydrogen) atoms. The highest BCUT2D eigenvalue weighted by atomic mass is 16.2. The second-order valence-corrected chi connectivity index (χ2v) is 7.79. The van der Waals surface area contributed by atoms with Gasteiger partial charge in [0.05, 0.1) is 11.9 Å². The molecule has 0 aliphatic carbocycles. The van der Waals surface area contributed by atoms with Crippen LogP contribution in [0.15, 0.2) is 97.3 Å². The van der Waals surface area contributed by atoms with Crippen LogP contribution in [-0.2, 0) is 11.2 Å². The molecule has 0 saturated heterocycles. The molecule has 1 aromatic heterocycles. The molecule has 0 unspecified atom stereocenters. The van der Waals surface area contributed by atoms with Gasteiger partial charge in [0.2, 0.25) is 5.91 Å². The van der Waals surface area contributed by atoms with Gasteiger partial charge in [0.25, 0.3) is 5.91 Å². The molecule has 2 heterocycles. The highest BCUT2D eigenvalue weighted by Crippen LogP contribution is 2.29. The standard InChI is InChI=1S/C27H22N4O2/c32-26(15-10-20-18-28-31(19-20)24-7-2-1-3-8-24)29-23-13-11-22(12-14-23)27(33)30-17-16-21-6-4-5-9-25(21)30/h1-15,18-19H,16-17H2,(H,29,32)/b15-10+. The van der Waals surface area contributed by atoms with E-state index < -0.39 is 0 Å². The number of carbonyl (C=O) groups is 2. The van der Waals surface area contributed by atoms with E-state index in [1.54, 1.807) is 46.1 Å². The van der Waals surface area contributed by atoms with Crippen molar-refractivity contribution >= 4 is 29.3 Å². The van der Waals surface area contributed by atoms with E-state index in [4.69, 9.17) is 0 Å². The lowest BCUT2D eigenvalue weighted by atomic mass is 10.1. The molecule has 6 nitrogen and oxygen atoms in total. The maximum atomic E-state index is 12.9. The first-order chi connectivity index (χ1) is 16.2. The van der Waals surface area contributed by atoms with Crippen LogP contribution >= 0.6 is 0 Å². The van der Waals surface area contributed by atoms with E-state index in [0.717, 1.165) is 23.4 Å². The predicted octanol–water partition coefficient (Wildman–Crippen LogP) is 4.73. The van der Waals surface area contributed by atoms with Crippen LogP contribution in [0.3, 0.4) is 0 Å². The lowest BCUT2D eigenvalue weighted by Crippen LogP contribution is -2.28. The third-order valence-corrected chi connectivity index (χ3v) is 5.58. The van der Waals surface area contributed by atoms with Crippen LogP contribution in [0.1, 0.15) is 21.5 Å². The third-order valence-electron chi connectivity index (χ3n) is 5.58. The number of anilines is 2. The van der Waals surface area contributed by atoms with Crippen LogP contribution in [0.5, 0.6) is 0 Å². The Kier molecular flexibility index (Phi) is 5.55. The maximum Gasteiger partial charge on any atom is 0.258 e. The summed E-state index contributed by atoms with van der Waals surface area (Å²) in [5, 5.41) is 7.14. The fourth-order valence-electron chi connectivity index (χ4n) is 3.90. The minimum atomic E-state index is -0.255. The molecule has 6 heteroatoms. The molecule has 5 rings (SSSR count). The summed E-state index contributed by atoms with van der Waals surface area (Å²) < 4.78 is 1.76. The van der Waals surface area contributed by atoms with Crippen LogP contribution in [0.2, 0.25) is 0 Å². The first-order valence-electron chi connectivity index (χ1n) is 10.8. The summed E-state index contributed by atoms with van der Waals surface area (Å²) in [6.07, 6.45) is 7.60. The van der Waals surface area contributed by atoms with E-state index in [2.05, 4.69) is 16.5 Å². The number of carbonyl (C=O) groups excluding carboxylic acids is 2. The first kappa shape index (κ1) is 20.5. The molecule has 0 spiro atoms. The van der Waals surface area contributed by atoms with Crippen LogP contribution in [0, 0.1) is 0 Å². The second kappa shape index (κ2) is 8.96. The summed E-state index contributed by atoms with van der Waals surface area (Å²) in [7, 11) is 0. The third kappa shape index (κ3) is 4.45. The minimum Gasteiger partial charge on any atom is -0.323 e. The highest BCUT2D eigenvalue weighted by Gasteiger charge is 2.24. The topological polar surface area (TPSA) is 67.2 Å². The van der Waals surface area contributed by atoms with E-state index in [9.17, 15) is 9.59 Å². The number of nitrogens with zero attached hydrogens (tertiary/aromatic N) is 3. The molecule has 0 fully saturated rings. The van der Waals surface area contributed by atoms with Gasteiger partial charge in [0.1, 0.15) is 0 Å². The summed E-state index contributed by atoms with van der Waals surface area (Å²) in [5.74, 6) is -0.289. The smallest absolute Gasteiger partial charge is 0.258 e. The Hall–Kier alpha value is -4.45. The molecule has 1 N–H and O–H groups in total. The maximum absolute atomic E-state index is 12.9.